The van der Waals surface area contributed by atoms with E-state index in [1.54, 1.807) is 0 Å². The minimum Gasteiger partial charge on any atom is -0.475 e. The molecule has 2 N–H and O–H groups in total. The average Bonchev–Trinajstić information content (AvgIpc) is 3.74. The quantitative estimate of drug-likeness (QED) is 0.469. The molecule has 0 bridgehead atoms. The molecule has 10 heteroatoms. The fraction of sp³-hybridized carbons (Fsp3) is 0.414. The first kappa shape index (κ1) is 28.5. The van der Waals surface area contributed by atoms with Gasteiger partial charge in [-0.25, -0.2) is 4.79 Å². The molecule has 5 rings (SSSR count). The Morgan fingerprint density at radius 3 is 2.21 bits per heavy atom. The van der Waals surface area contributed by atoms with Gasteiger partial charge in [0.2, 0.25) is 0 Å². The monoisotopic (exact) mass is 542 g/mol. The van der Waals surface area contributed by atoms with Crippen molar-refractivity contribution < 1.29 is 27.9 Å². The van der Waals surface area contributed by atoms with Crippen molar-refractivity contribution in [3.8, 4) is 0 Å². The first-order valence-corrected chi connectivity index (χ1v) is 13.0. The van der Waals surface area contributed by atoms with Gasteiger partial charge < -0.3 is 15.3 Å². The molecule has 0 atom stereocenters. The number of nitrogens with one attached hydrogen (secondary N) is 1. The van der Waals surface area contributed by atoms with E-state index < -0.39 is 12.1 Å². The van der Waals surface area contributed by atoms with Gasteiger partial charge in [-0.3, -0.25) is 14.7 Å². The molecule has 1 aromatic heterocycles. The van der Waals surface area contributed by atoms with E-state index >= 15 is 0 Å². The number of carboxylic acid groups (broad SMARTS) is 1. The van der Waals surface area contributed by atoms with Crippen LogP contribution < -0.4 is 5.32 Å². The van der Waals surface area contributed by atoms with Crippen molar-refractivity contribution in [3.05, 3.63) is 76.5 Å². The van der Waals surface area contributed by atoms with Gasteiger partial charge in [-0.15, -0.1) is 0 Å². The number of rotatable bonds is 6. The lowest BCUT2D eigenvalue weighted by Crippen LogP contribution is -2.43. The van der Waals surface area contributed by atoms with Crippen molar-refractivity contribution in [2.75, 3.05) is 33.2 Å². The molecule has 208 valence electrons. The minimum atomic E-state index is -5.08. The fourth-order valence-electron chi connectivity index (χ4n) is 4.44. The number of piperazine rings is 1. The van der Waals surface area contributed by atoms with Gasteiger partial charge in [0.15, 0.2) is 0 Å². The van der Waals surface area contributed by atoms with E-state index in [0.29, 0.717) is 12.5 Å². The lowest BCUT2D eigenvalue weighted by atomic mass is 10.0. The molecule has 2 aromatic carbocycles. The Morgan fingerprint density at radius 1 is 1.00 bits per heavy atom. The minimum absolute atomic E-state index is 0.0218. The zero-order chi connectivity index (χ0) is 28.2. The summed E-state index contributed by atoms with van der Waals surface area (Å²) >= 11 is 0. The van der Waals surface area contributed by atoms with Gasteiger partial charge in [0.25, 0.3) is 5.91 Å². The number of amides is 1. The molecule has 1 saturated carbocycles. The molecule has 0 radical (unpaired) electrons. The molecule has 0 spiro atoms. The van der Waals surface area contributed by atoms with Gasteiger partial charge in [-0.05, 0) is 56.1 Å². The van der Waals surface area contributed by atoms with Crippen LogP contribution in [-0.4, -0.2) is 71.2 Å². The molecule has 3 aromatic rings. The highest BCUT2D eigenvalue weighted by Gasteiger charge is 2.38. The number of aliphatic carboxylic acids is 1. The second-order valence-corrected chi connectivity index (χ2v) is 10.3. The predicted octanol–water partition coefficient (Wildman–Crippen LogP) is 4.73. The Balaban J connectivity index is 0.000000448. The van der Waals surface area contributed by atoms with E-state index in [1.807, 2.05) is 12.1 Å². The third-order valence-electron chi connectivity index (χ3n) is 6.94. The van der Waals surface area contributed by atoms with Crippen LogP contribution in [0.1, 0.15) is 51.5 Å². The van der Waals surface area contributed by atoms with Crippen LogP contribution in [-0.2, 0) is 17.9 Å². The zero-order valence-corrected chi connectivity index (χ0v) is 22.1. The fourth-order valence-corrected chi connectivity index (χ4v) is 4.44. The zero-order valence-electron chi connectivity index (χ0n) is 22.1. The maximum Gasteiger partial charge on any atom is 0.490 e. The number of carbonyl (C=O) groups excluding carboxylic acids is 1. The standard InChI is InChI=1S/C27H32N4O.C2HF3O2/c1-19-3-10-25-23(15-19)24(16-26(29-25)22-8-9-22)27(32)28-17-20-4-6-21(7-5-20)18-31-13-11-30(2)12-14-31;3-2(4,5)1(6)7/h3-7,10,15-16,22H,8-9,11-14,17-18H2,1-2H3,(H,28,32);(H,6,7). The number of hydrogen-bond donors (Lipinski definition) is 2. The average molecular weight is 543 g/mol. The third kappa shape index (κ3) is 8.00. The highest BCUT2D eigenvalue weighted by Crippen LogP contribution is 2.40. The summed E-state index contributed by atoms with van der Waals surface area (Å²) in [5, 5.41) is 11.2. The summed E-state index contributed by atoms with van der Waals surface area (Å²) < 4.78 is 31.7. The number of carboxylic acids is 1. The van der Waals surface area contributed by atoms with E-state index in [1.165, 1.54) is 18.4 Å². The van der Waals surface area contributed by atoms with Crippen LogP contribution in [0.25, 0.3) is 10.9 Å². The molecular weight excluding hydrogens is 509 g/mol. The molecule has 2 aliphatic rings. The first-order chi connectivity index (χ1) is 18.5. The molecule has 1 aliphatic carbocycles. The molecule has 7 nitrogen and oxygen atoms in total. The number of pyridine rings is 1. The number of aryl methyl sites for hydroxylation is 1. The van der Waals surface area contributed by atoms with Crippen molar-refractivity contribution in [2.24, 2.45) is 0 Å². The van der Waals surface area contributed by atoms with Gasteiger partial charge in [0.05, 0.1) is 11.1 Å². The molecule has 1 saturated heterocycles. The summed E-state index contributed by atoms with van der Waals surface area (Å²) in [5.41, 5.74) is 6.31. The van der Waals surface area contributed by atoms with Gasteiger partial charge in [-0.2, -0.15) is 13.2 Å². The molecule has 39 heavy (non-hydrogen) atoms. The summed E-state index contributed by atoms with van der Waals surface area (Å²) in [5.74, 6) is -2.26. The van der Waals surface area contributed by atoms with Crippen LogP contribution >= 0.6 is 0 Å². The number of likely N-dealkylation sites (N-methyl/N-ethyl adjacent to an activating group) is 1. The van der Waals surface area contributed by atoms with Crippen molar-refractivity contribution in [1.82, 2.24) is 20.1 Å². The molecule has 0 unspecified atom stereocenters. The first-order valence-electron chi connectivity index (χ1n) is 13.0. The van der Waals surface area contributed by atoms with Crippen LogP contribution in [0.15, 0.2) is 48.5 Å². The molecule has 2 fully saturated rings. The number of fused-ring (bicyclic) bond motifs is 1. The molecule has 2 heterocycles. The maximum absolute atomic E-state index is 13.1. The van der Waals surface area contributed by atoms with Crippen LogP contribution in [0.2, 0.25) is 0 Å². The van der Waals surface area contributed by atoms with Crippen molar-refractivity contribution in [2.45, 2.75) is 44.9 Å². The predicted molar refractivity (Wildman–Crippen MR) is 143 cm³/mol. The molecular formula is C29H33F3N4O3. The van der Waals surface area contributed by atoms with Crippen LogP contribution in [0.3, 0.4) is 0 Å². The number of alkyl halides is 3. The van der Waals surface area contributed by atoms with Crippen molar-refractivity contribution in [3.63, 3.8) is 0 Å². The molecule has 1 amide bonds. The normalized spacial score (nSPS) is 16.4. The summed E-state index contributed by atoms with van der Waals surface area (Å²) in [6, 6.07) is 16.8. The van der Waals surface area contributed by atoms with Crippen LogP contribution in [0.4, 0.5) is 13.2 Å². The number of aromatic nitrogens is 1. The van der Waals surface area contributed by atoms with E-state index in [-0.39, 0.29) is 5.91 Å². The largest absolute Gasteiger partial charge is 0.490 e. The van der Waals surface area contributed by atoms with E-state index in [2.05, 4.69) is 65.5 Å². The highest BCUT2D eigenvalue weighted by atomic mass is 19.4. The summed E-state index contributed by atoms with van der Waals surface area (Å²) in [4.78, 5) is 31.7. The Hall–Kier alpha value is -3.50. The third-order valence-corrected chi connectivity index (χ3v) is 6.94. The Bertz CT molecular complexity index is 1320. The SMILES string of the molecule is Cc1ccc2nc(C3CC3)cc(C(=O)NCc3ccc(CN4CCN(C)CC4)cc3)c2c1.O=C(O)C(F)(F)F. The van der Waals surface area contributed by atoms with E-state index in [4.69, 9.17) is 14.9 Å². The summed E-state index contributed by atoms with van der Waals surface area (Å²) in [7, 11) is 2.18. The lowest BCUT2D eigenvalue weighted by Gasteiger charge is -2.32. The van der Waals surface area contributed by atoms with Crippen LogP contribution in [0.5, 0.6) is 0 Å². The number of halogens is 3. The number of hydrogen-bond acceptors (Lipinski definition) is 5. The number of benzene rings is 2. The second kappa shape index (κ2) is 12.1. The Morgan fingerprint density at radius 2 is 1.62 bits per heavy atom. The van der Waals surface area contributed by atoms with Gasteiger partial charge in [0, 0.05) is 56.3 Å². The Labute approximate surface area is 225 Å². The Kier molecular flexibility index (Phi) is 8.87. The second-order valence-electron chi connectivity index (χ2n) is 10.3. The summed E-state index contributed by atoms with van der Waals surface area (Å²) in [6.45, 7) is 8.09. The van der Waals surface area contributed by atoms with Gasteiger partial charge in [0.1, 0.15) is 0 Å². The molecule has 1 aliphatic heterocycles. The lowest BCUT2D eigenvalue weighted by molar-refractivity contribution is -0.192. The van der Waals surface area contributed by atoms with Crippen molar-refractivity contribution in [1.29, 1.82) is 0 Å². The van der Waals surface area contributed by atoms with Gasteiger partial charge >= 0.3 is 12.1 Å². The van der Waals surface area contributed by atoms with Gasteiger partial charge in [-0.1, -0.05) is 35.9 Å². The number of carbonyl (C=O) groups is 2. The smallest absolute Gasteiger partial charge is 0.475 e. The highest BCUT2D eigenvalue weighted by molar-refractivity contribution is 6.06. The topological polar surface area (TPSA) is 85.8 Å². The van der Waals surface area contributed by atoms with E-state index in [0.717, 1.165) is 66.0 Å². The number of nitrogens with zero attached hydrogens (tertiary/aromatic N) is 3. The van der Waals surface area contributed by atoms with E-state index in [9.17, 15) is 18.0 Å². The maximum atomic E-state index is 13.1. The van der Waals surface area contributed by atoms with Crippen LogP contribution in [0, 0.1) is 6.92 Å². The summed E-state index contributed by atoms with van der Waals surface area (Å²) in [6.07, 6.45) is -2.74. The van der Waals surface area contributed by atoms with Crippen molar-refractivity contribution >= 4 is 22.8 Å².